The SMILES string of the molecule is COc1ccc(C)cc1CNc1ccc(Br)cc1Cl. The van der Waals surface area contributed by atoms with Gasteiger partial charge in [-0.2, -0.15) is 0 Å². The maximum Gasteiger partial charge on any atom is 0.123 e. The molecule has 0 heterocycles. The number of methoxy groups -OCH3 is 1. The van der Waals surface area contributed by atoms with Crippen molar-refractivity contribution in [2.24, 2.45) is 0 Å². The second-order valence-corrected chi connectivity index (χ2v) is 5.62. The Bertz CT molecular complexity index is 586. The highest BCUT2D eigenvalue weighted by atomic mass is 79.9. The van der Waals surface area contributed by atoms with Gasteiger partial charge in [-0.25, -0.2) is 0 Å². The number of ether oxygens (including phenoxy) is 1. The van der Waals surface area contributed by atoms with Crippen LogP contribution in [-0.4, -0.2) is 7.11 Å². The number of benzene rings is 2. The molecule has 2 aromatic carbocycles. The summed E-state index contributed by atoms with van der Waals surface area (Å²) in [5.41, 5.74) is 3.23. The molecular formula is C15H15BrClNO. The van der Waals surface area contributed by atoms with Gasteiger partial charge in [-0.1, -0.05) is 45.2 Å². The number of nitrogens with one attached hydrogen (secondary N) is 1. The summed E-state index contributed by atoms with van der Waals surface area (Å²) in [6.45, 7) is 2.74. The molecular weight excluding hydrogens is 326 g/mol. The fraction of sp³-hybridized carbons (Fsp3) is 0.200. The topological polar surface area (TPSA) is 21.3 Å². The summed E-state index contributed by atoms with van der Waals surface area (Å²) in [6, 6.07) is 11.9. The van der Waals surface area contributed by atoms with Crippen LogP contribution < -0.4 is 10.1 Å². The minimum absolute atomic E-state index is 0.673. The van der Waals surface area contributed by atoms with Crippen molar-refractivity contribution >= 4 is 33.2 Å². The van der Waals surface area contributed by atoms with Crippen LogP contribution in [-0.2, 0) is 6.54 Å². The van der Waals surface area contributed by atoms with Crippen molar-refractivity contribution in [3.63, 3.8) is 0 Å². The lowest BCUT2D eigenvalue weighted by Crippen LogP contribution is -2.02. The van der Waals surface area contributed by atoms with Gasteiger partial charge in [0.1, 0.15) is 5.75 Å². The van der Waals surface area contributed by atoms with Crippen molar-refractivity contribution in [2.45, 2.75) is 13.5 Å². The molecule has 0 saturated heterocycles. The Kier molecular flexibility index (Phi) is 4.72. The molecule has 4 heteroatoms. The number of hydrogen-bond acceptors (Lipinski definition) is 2. The van der Waals surface area contributed by atoms with Crippen molar-refractivity contribution in [2.75, 3.05) is 12.4 Å². The van der Waals surface area contributed by atoms with E-state index >= 15 is 0 Å². The molecule has 2 aromatic rings. The average molecular weight is 341 g/mol. The molecule has 0 aliphatic carbocycles. The van der Waals surface area contributed by atoms with E-state index < -0.39 is 0 Å². The summed E-state index contributed by atoms with van der Waals surface area (Å²) in [4.78, 5) is 0. The van der Waals surface area contributed by atoms with Crippen molar-refractivity contribution in [1.82, 2.24) is 0 Å². The first-order chi connectivity index (χ1) is 9.10. The lowest BCUT2D eigenvalue weighted by atomic mass is 10.1. The molecule has 2 rings (SSSR count). The van der Waals surface area contributed by atoms with Gasteiger partial charge in [0.2, 0.25) is 0 Å². The molecule has 2 nitrogen and oxygen atoms in total. The predicted octanol–water partition coefficient (Wildman–Crippen LogP) is 5.03. The number of rotatable bonds is 4. The maximum absolute atomic E-state index is 6.18. The Morgan fingerprint density at radius 2 is 2.00 bits per heavy atom. The lowest BCUT2D eigenvalue weighted by Gasteiger charge is -2.12. The van der Waals surface area contributed by atoms with Crippen LogP contribution in [0.15, 0.2) is 40.9 Å². The van der Waals surface area contributed by atoms with Crippen molar-refractivity contribution in [1.29, 1.82) is 0 Å². The molecule has 0 radical (unpaired) electrons. The Labute approximate surface area is 126 Å². The molecule has 19 heavy (non-hydrogen) atoms. The highest BCUT2D eigenvalue weighted by Crippen LogP contribution is 2.27. The molecule has 0 saturated carbocycles. The smallest absolute Gasteiger partial charge is 0.123 e. The van der Waals surface area contributed by atoms with E-state index in [1.54, 1.807) is 7.11 Å². The zero-order chi connectivity index (χ0) is 13.8. The molecule has 0 unspecified atom stereocenters. The minimum Gasteiger partial charge on any atom is -0.496 e. The van der Waals surface area contributed by atoms with E-state index in [4.69, 9.17) is 16.3 Å². The fourth-order valence-electron chi connectivity index (χ4n) is 1.87. The molecule has 1 N–H and O–H groups in total. The van der Waals surface area contributed by atoms with Gasteiger partial charge in [0.15, 0.2) is 0 Å². The van der Waals surface area contributed by atoms with Crippen LogP contribution in [0, 0.1) is 6.92 Å². The molecule has 0 aromatic heterocycles. The third-order valence-corrected chi connectivity index (χ3v) is 3.64. The Balaban J connectivity index is 2.16. The summed E-state index contributed by atoms with van der Waals surface area (Å²) < 4.78 is 6.33. The monoisotopic (exact) mass is 339 g/mol. The highest BCUT2D eigenvalue weighted by Gasteiger charge is 2.05. The van der Waals surface area contributed by atoms with Crippen molar-refractivity contribution < 1.29 is 4.74 Å². The first kappa shape index (κ1) is 14.2. The second-order valence-electron chi connectivity index (χ2n) is 4.29. The Morgan fingerprint density at radius 1 is 1.21 bits per heavy atom. The van der Waals surface area contributed by atoms with Gasteiger partial charge in [-0.15, -0.1) is 0 Å². The van der Waals surface area contributed by atoms with E-state index in [0.29, 0.717) is 11.6 Å². The van der Waals surface area contributed by atoms with Crippen LogP contribution in [0.25, 0.3) is 0 Å². The van der Waals surface area contributed by atoms with Crippen LogP contribution in [0.2, 0.25) is 5.02 Å². The van der Waals surface area contributed by atoms with E-state index in [2.05, 4.69) is 34.2 Å². The summed E-state index contributed by atoms with van der Waals surface area (Å²) in [6.07, 6.45) is 0. The summed E-state index contributed by atoms with van der Waals surface area (Å²) in [7, 11) is 1.68. The van der Waals surface area contributed by atoms with Crippen LogP contribution in [0.5, 0.6) is 5.75 Å². The molecule has 0 spiro atoms. The maximum atomic E-state index is 6.18. The third-order valence-electron chi connectivity index (χ3n) is 2.84. The molecule has 0 fully saturated rings. The first-order valence-corrected chi connectivity index (χ1v) is 7.09. The van der Waals surface area contributed by atoms with Crippen LogP contribution >= 0.6 is 27.5 Å². The molecule has 100 valence electrons. The Hall–Kier alpha value is -1.19. The van der Waals surface area contributed by atoms with Crippen LogP contribution in [0.3, 0.4) is 0 Å². The zero-order valence-corrected chi connectivity index (χ0v) is 13.2. The number of halogens is 2. The van der Waals surface area contributed by atoms with E-state index in [0.717, 1.165) is 21.5 Å². The fourth-order valence-corrected chi connectivity index (χ4v) is 2.61. The average Bonchev–Trinajstić information content (AvgIpc) is 2.38. The molecule has 0 atom stereocenters. The van der Waals surface area contributed by atoms with Crippen molar-refractivity contribution in [3.8, 4) is 5.75 Å². The largest absolute Gasteiger partial charge is 0.496 e. The van der Waals surface area contributed by atoms with Crippen LogP contribution in [0.1, 0.15) is 11.1 Å². The quantitative estimate of drug-likeness (QED) is 0.842. The number of aryl methyl sites for hydroxylation is 1. The van der Waals surface area contributed by atoms with Gasteiger partial charge in [0.05, 0.1) is 17.8 Å². The van der Waals surface area contributed by atoms with E-state index in [1.807, 2.05) is 30.3 Å². The normalized spacial score (nSPS) is 10.3. The first-order valence-electron chi connectivity index (χ1n) is 5.92. The lowest BCUT2D eigenvalue weighted by molar-refractivity contribution is 0.410. The molecule has 0 amide bonds. The van der Waals surface area contributed by atoms with Gasteiger partial charge < -0.3 is 10.1 Å². The number of anilines is 1. The van der Waals surface area contributed by atoms with Gasteiger partial charge in [-0.05, 0) is 31.2 Å². The predicted molar refractivity (Wildman–Crippen MR) is 84.2 cm³/mol. The van der Waals surface area contributed by atoms with E-state index in [-0.39, 0.29) is 0 Å². The van der Waals surface area contributed by atoms with Crippen molar-refractivity contribution in [3.05, 3.63) is 57.0 Å². The molecule has 0 aliphatic rings. The zero-order valence-electron chi connectivity index (χ0n) is 10.8. The minimum atomic E-state index is 0.673. The van der Waals surface area contributed by atoms with Gasteiger partial charge in [-0.3, -0.25) is 0 Å². The van der Waals surface area contributed by atoms with Gasteiger partial charge in [0, 0.05) is 16.6 Å². The Morgan fingerprint density at radius 3 is 2.68 bits per heavy atom. The summed E-state index contributed by atoms with van der Waals surface area (Å²) in [5, 5.41) is 4.02. The molecule has 0 aliphatic heterocycles. The van der Waals surface area contributed by atoms with Gasteiger partial charge >= 0.3 is 0 Å². The number of hydrogen-bond donors (Lipinski definition) is 1. The van der Waals surface area contributed by atoms with E-state index in [1.165, 1.54) is 5.56 Å². The van der Waals surface area contributed by atoms with Gasteiger partial charge in [0.25, 0.3) is 0 Å². The van der Waals surface area contributed by atoms with E-state index in [9.17, 15) is 0 Å². The standard InChI is InChI=1S/C15H15BrClNO/c1-10-3-6-15(19-2)11(7-10)9-18-14-5-4-12(16)8-13(14)17/h3-8,18H,9H2,1-2H3. The van der Waals surface area contributed by atoms with Crippen LogP contribution in [0.4, 0.5) is 5.69 Å². The molecule has 0 bridgehead atoms. The summed E-state index contributed by atoms with van der Waals surface area (Å²) >= 11 is 9.57. The summed E-state index contributed by atoms with van der Waals surface area (Å²) in [5.74, 6) is 0.881. The highest BCUT2D eigenvalue weighted by molar-refractivity contribution is 9.10. The third kappa shape index (κ3) is 3.64. The second kappa shape index (κ2) is 6.31.